The van der Waals surface area contributed by atoms with Gasteiger partial charge in [-0.2, -0.15) is 9.78 Å². The highest BCUT2D eigenvalue weighted by atomic mass is 17.4. The maximum absolute atomic E-state index is 13.4. The average molecular weight is 463 g/mol. The molecule has 0 bridgehead atoms. The Hall–Kier alpha value is -1.92. The first kappa shape index (κ1) is 27.3. The lowest BCUT2D eigenvalue weighted by Gasteiger charge is -2.38. The van der Waals surface area contributed by atoms with Gasteiger partial charge in [-0.25, -0.2) is 19.4 Å². The van der Waals surface area contributed by atoms with Gasteiger partial charge in [0, 0.05) is 11.3 Å². The zero-order valence-corrected chi connectivity index (χ0v) is 22.0. The van der Waals surface area contributed by atoms with E-state index in [9.17, 15) is 9.59 Å². The van der Waals surface area contributed by atoms with Crippen LogP contribution in [0.2, 0.25) is 0 Å². The number of hydrogen-bond acceptors (Lipinski definition) is 6. The summed E-state index contributed by atoms with van der Waals surface area (Å²) in [6.07, 6.45) is 1.47. The van der Waals surface area contributed by atoms with Crippen molar-refractivity contribution in [3.8, 4) is 0 Å². The van der Waals surface area contributed by atoms with Crippen LogP contribution >= 0.6 is 0 Å². The number of hydrogen-bond donors (Lipinski definition) is 0. The van der Waals surface area contributed by atoms with Crippen LogP contribution in [0.5, 0.6) is 0 Å². The van der Waals surface area contributed by atoms with Gasteiger partial charge in [-0.1, -0.05) is 99.6 Å². The van der Waals surface area contributed by atoms with Crippen LogP contribution in [0.4, 0.5) is 0 Å². The third-order valence-electron chi connectivity index (χ3n) is 6.37. The van der Waals surface area contributed by atoms with Crippen molar-refractivity contribution in [2.45, 2.75) is 93.3 Å². The van der Waals surface area contributed by atoms with E-state index < -0.39 is 29.1 Å². The fraction of sp³-hybridized carbons (Fsp3) is 0.704. The topological polar surface area (TPSA) is 77.7 Å². The molecule has 1 aliphatic heterocycles. The summed E-state index contributed by atoms with van der Waals surface area (Å²) in [5.74, 6) is -3.75. The molecule has 33 heavy (non-hydrogen) atoms. The minimum absolute atomic E-state index is 0.0174. The molecule has 1 aliphatic rings. The highest BCUT2D eigenvalue weighted by Gasteiger charge is 2.64. The second-order valence-corrected chi connectivity index (χ2v) is 12.6. The molecule has 1 aromatic carbocycles. The molecule has 1 fully saturated rings. The summed E-state index contributed by atoms with van der Waals surface area (Å²) in [6, 6.07) is 9.86. The lowest BCUT2D eigenvalue weighted by Crippen LogP contribution is -2.42. The molecular weight excluding hydrogens is 420 g/mol. The van der Waals surface area contributed by atoms with Gasteiger partial charge in [0.05, 0.1) is 5.92 Å². The molecule has 0 spiro atoms. The highest BCUT2D eigenvalue weighted by Crippen LogP contribution is 2.45. The fourth-order valence-corrected chi connectivity index (χ4v) is 5.09. The minimum Gasteiger partial charge on any atom is -0.247 e. The van der Waals surface area contributed by atoms with Crippen molar-refractivity contribution in [3.63, 3.8) is 0 Å². The molecule has 0 radical (unpaired) electrons. The van der Waals surface area contributed by atoms with Crippen LogP contribution in [0.1, 0.15) is 87.6 Å². The van der Waals surface area contributed by atoms with Crippen LogP contribution in [-0.2, 0) is 34.6 Å². The maximum atomic E-state index is 13.4. The van der Waals surface area contributed by atoms with Crippen LogP contribution in [0, 0.1) is 28.6 Å². The van der Waals surface area contributed by atoms with Crippen LogP contribution in [-0.4, -0.2) is 17.7 Å². The van der Waals surface area contributed by atoms with Gasteiger partial charge in [-0.05, 0) is 35.2 Å². The van der Waals surface area contributed by atoms with Crippen molar-refractivity contribution in [2.75, 3.05) is 0 Å². The summed E-state index contributed by atoms with van der Waals surface area (Å²) in [4.78, 5) is 46.4. The molecule has 6 nitrogen and oxygen atoms in total. The van der Waals surface area contributed by atoms with Crippen molar-refractivity contribution < 1.29 is 29.1 Å². The monoisotopic (exact) mass is 462 g/mol. The van der Waals surface area contributed by atoms with Crippen molar-refractivity contribution in [1.29, 1.82) is 0 Å². The Morgan fingerprint density at radius 3 is 1.82 bits per heavy atom. The van der Waals surface area contributed by atoms with Crippen LogP contribution in [0.15, 0.2) is 30.3 Å². The number of benzene rings is 1. The molecule has 6 heteroatoms. The van der Waals surface area contributed by atoms with Gasteiger partial charge < -0.3 is 0 Å². The predicted molar refractivity (Wildman–Crippen MR) is 127 cm³/mol. The Labute approximate surface area is 199 Å². The molecule has 3 atom stereocenters. The first-order valence-electron chi connectivity index (χ1n) is 11.8. The van der Waals surface area contributed by atoms with Gasteiger partial charge in [-0.3, -0.25) is 0 Å². The molecular formula is C27H42O6. The molecule has 0 aromatic heterocycles. The van der Waals surface area contributed by atoms with Gasteiger partial charge in [0.25, 0.3) is 0 Å². The highest BCUT2D eigenvalue weighted by molar-refractivity contribution is 5.81. The van der Waals surface area contributed by atoms with Crippen LogP contribution in [0.3, 0.4) is 0 Å². The van der Waals surface area contributed by atoms with Gasteiger partial charge in [0.2, 0.25) is 0 Å². The number of carbonyl (C=O) groups excluding carboxylic acids is 2. The predicted octanol–water partition coefficient (Wildman–Crippen LogP) is 6.38. The smallest absolute Gasteiger partial charge is 0.247 e. The Balaban J connectivity index is 2.19. The normalized spacial score (nSPS) is 18.7. The summed E-state index contributed by atoms with van der Waals surface area (Å²) in [5, 5.41) is 0. The van der Waals surface area contributed by atoms with Gasteiger partial charge in [0.1, 0.15) is 0 Å². The Bertz CT molecular complexity index is 811. The van der Waals surface area contributed by atoms with Gasteiger partial charge in [-0.15, -0.1) is 0 Å². The standard InChI is InChI=1S/C27H42O6/c1-18(16-24(3,4)5)21(26(9,10)20-14-12-11-13-15-20)22(28)30-31-23(29)27(32-33-27)19(2)17-25(6,7)8/h11-15,18-19,21H,16-17H2,1-10H3. The van der Waals surface area contributed by atoms with Crippen molar-refractivity contribution in [2.24, 2.45) is 28.6 Å². The summed E-state index contributed by atoms with van der Waals surface area (Å²) in [6.45, 7) is 20.6. The van der Waals surface area contributed by atoms with E-state index in [1.807, 2.05) is 58.0 Å². The number of rotatable bonds is 8. The van der Waals surface area contributed by atoms with E-state index in [4.69, 9.17) is 19.6 Å². The molecule has 0 N–H and O–H groups in total. The summed E-state index contributed by atoms with van der Waals surface area (Å²) in [7, 11) is 0. The lowest BCUT2D eigenvalue weighted by molar-refractivity contribution is -0.270. The Morgan fingerprint density at radius 1 is 0.848 bits per heavy atom. The fourth-order valence-electron chi connectivity index (χ4n) is 5.09. The Morgan fingerprint density at radius 2 is 1.36 bits per heavy atom. The van der Waals surface area contributed by atoms with Crippen molar-refractivity contribution in [3.05, 3.63) is 35.9 Å². The molecule has 1 aromatic rings. The second kappa shape index (κ2) is 9.75. The van der Waals surface area contributed by atoms with E-state index in [0.29, 0.717) is 6.42 Å². The second-order valence-electron chi connectivity index (χ2n) is 12.6. The minimum atomic E-state index is -1.52. The quantitative estimate of drug-likeness (QED) is 0.253. The zero-order chi connectivity index (χ0) is 25.2. The largest absolute Gasteiger partial charge is 0.420 e. The molecule has 186 valence electrons. The zero-order valence-electron chi connectivity index (χ0n) is 22.0. The van der Waals surface area contributed by atoms with E-state index in [1.54, 1.807) is 0 Å². The maximum Gasteiger partial charge on any atom is 0.420 e. The van der Waals surface area contributed by atoms with E-state index in [-0.39, 0.29) is 22.7 Å². The summed E-state index contributed by atoms with van der Waals surface area (Å²) >= 11 is 0. The van der Waals surface area contributed by atoms with E-state index >= 15 is 0 Å². The van der Waals surface area contributed by atoms with Crippen LogP contribution < -0.4 is 0 Å². The first-order chi connectivity index (χ1) is 15.0. The molecule has 0 saturated carbocycles. The first-order valence-corrected chi connectivity index (χ1v) is 11.8. The molecule has 2 rings (SSSR count). The van der Waals surface area contributed by atoms with Gasteiger partial charge >= 0.3 is 17.7 Å². The van der Waals surface area contributed by atoms with Crippen molar-refractivity contribution >= 4 is 11.9 Å². The Kier molecular flexibility index (Phi) is 8.07. The summed E-state index contributed by atoms with van der Waals surface area (Å²) < 4.78 is 0. The van der Waals surface area contributed by atoms with Crippen LogP contribution in [0.25, 0.3) is 0 Å². The molecule has 0 amide bonds. The lowest BCUT2D eigenvalue weighted by atomic mass is 9.65. The molecule has 3 unspecified atom stereocenters. The summed E-state index contributed by atoms with van der Waals surface area (Å²) in [5.41, 5.74) is 0.456. The third kappa shape index (κ3) is 7.03. The molecule has 1 saturated heterocycles. The van der Waals surface area contributed by atoms with Gasteiger partial charge in [0.15, 0.2) is 0 Å². The van der Waals surface area contributed by atoms with Crippen molar-refractivity contribution in [1.82, 2.24) is 0 Å². The number of carbonyl (C=O) groups is 2. The third-order valence-corrected chi connectivity index (χ3v) is 6.37. The van der Waals surface area contributed by atoms with E-state index in [1.165, 1.54) is 0 Å². The average Bonchev–Trinajstić information content (AvgIpc) is 3.46. The van der Waals surface area contributed by atoms with E-state index in [0.717, 1.165) is 12.0 Å². The molecule has 0 aliphatic carbocycles. The SMILES string of the molecule is CC(CC(C)(C)C)C(C(=O)OOC(=O)C1(C(C)CC(C)(C)C)OO1)C(C)(C)c1ccccc1. The molecule has 1 heterocycles. The van der Waals surface area contributed by atoms with E-state index in [2.05, 4.69) is 41.5 Å².